The Hall–Kier alpha value is -3.47. The molecule has 0 unspecified atom stereocenters. The first-order valence-corrected chi connectivity index (χ1v) is 6.41. The van der Waals surface area contributed by atoms with Crippen molar-refractivity contribution in [3.8, 4) is 6.07 Å². The quantitative estimate of drug-likeness (QED) is 0.626. The molecule has 3 rings (SSSR count). The maximum absolute atomic E-state index is 11.4. The zero-order chi connectivity index (χ0) is 15.5. The van der Waals surface area contributed by atoms with Crippen LogP contribution in [0, 0.1) is 18.3 Å². The van der Waals surface area contributed by atoms with Crippen LogP contribution in [0.1, 0.15) is 11.4 Å². The number of nitriles is 1. The average Bonchev–Trinajstić information content (AvgIpc) is 3.02. The first-order valence-electron chi connectivity index (χ1n) is 6.41. The van der Waals surface area contributed by atoms with E-state index in [1.54, 1.807) is 18.2 Å². The van der Waals surface area contributed by atoms with E-state index in [1.165, 1.54) is 6.20 Å². The topological polar surface area (TPSA) is 123 Å². The Balaban J connectivity index is 1.95. The van der Waals surface area contributed by atoms with Crippen LogP contribution in [-0.4, -0.2) is 25.6 Å². The van der Waals surface area contributed by atoms with Gasteiger partial charge in [-0.2, -0.15) is 10.5 Å². The number of rotatable bonds is 3. The van der Waals surface area contributed by atoms with E-state index in [1.807, 2.05) is 19.1 Å². The summed E-state index contributed by atoms with van der Waals surface area (Å²) in [4.78, 5) is 14.2. The smallest absolute Gasteiger partial charge is 0.248 e. The van der Waals surface area contributed by atoms with Gasteiger partial charge in [0.2, 0.25) is 11.4 Å². The van der Waals surface area contributed by atoms with E-state index in [0.29, 0.717) is 0 Å². The molecular weight excluding hydrogens is 282 g/mol. The van der Waals surface area contributed by atoms with Gasteiger partial charge < -0.3 is 10.3 Å². The zero-order valence-corrected chi connectivity index (χ0v) is 11.6. The molecule has 0 fully saturated rings. The molecule has 0 aliphatic heterocycles. The third kappa shape index (κ3) is 2.55. The molecule has 0 radical (unpaired) electrons. The Morgan fingerprint density at radius 2 is 2.27 bits per heavy atom. The first-order chi connectivity index (χ1) is 10.7. The number of nitrogens with zero attached hydrogens (tertiary/aromatic N) is 4. The van der Waals surface area contributed by atoms with Crippen molar-refractivity contribution in [3.63, 3.8) is 0 Å². The molecule has 2 heterocycles. The molecule has 1 aromatic carbocycles. The van der Waals surface area contributed by atoms with Crippen LogP contribution in [0.5, 0.6) is 0 Å². The fraction of sp³-hybridized carbons (Fsp3) is 0.0714. The number of pyridine rings is 1. The van der Waals surface area contributed by atoms with Gasteiger partial charge in [0.25, 0.3) is 0 Å². The predicted octanol–water partition coefficient (Wildman–Crippen LogP) is 1.33. The predicted molar refractivity (Wildman–Crippen MR) is 80.7 cm³/mol. The van der Waals surface area contributed by atoms with Crippen LogP contribution < -0.4 is 10.9 Å². The molecule has 0 atom stereocenters. The minimum absolute atomic E-state index is 0.130. The van der Waals surface area contributed by atoms with E-state index in [4.69, 9.17) is 5.26 Å². The third-order valence-electron chi connectivity index (χ3n) is 3.14. The van der Waals surface area contributed by atoms with E-state index < -0.39 is 0 Å². The number of hydrogen-bond donors (Lipinski definition) is 3. The number of anilines is 1. The average molecular weight is 293 g/mol. The number of benzene rings is 1. The van der Waals surface area contributed by atoms with Gasteiger partial charge in [-0.3, -0.25) is 4.79 Å². The van der Waals surface area contributed by atoms with E-state index in [2.05, 4.69) is 30.9 Å². The molecule has 0 spiro atoms. The second kappa shape index (κ2) is 5.49. The summed E-state index contributed by atoms with van der Waals surface area (Å²) in [5, 5.41) is 26.3. The number of aryl methyl sites for hydroxylation is 1. The van der Waals surface area contributed by atoms with Crippen LogP contribution >= 0.6 is 0 Å². The molecule has 0 bridgehead atoms. The van der Waals surface area contributed by atoms with Crippen LogP contribution in [0.2, 0.25) is 0 Å². The Morgan fingerprint density at radius 1 is 1.41 bits per heavy atom. The van der Waals surface area contributed by atoms with Crippen molar-refractivity contribution in [3.05, 3.63) is 52.2 Å². The Labute approximate surface area is 124 Å². The van der Waals surface area contributed by atoms with Crippen LogP contribution in [0.15, 0.2) is 35.3 Å². The number of H-pyrrole nitrogens is 2. The van der Waals surface area contributed by atoms with Gasteiger partial charge in [0, 0.05) is 28.9 Å². The van der Waals surface area contributed by atoms with Gasteiger partial charge in [0.15, 0.2) is 0 Å². The molecule has 3 N–H and O–H groups in total. The van der Waals surface area contributed by atoms with Gasteiger partial charge >= 0.3 is 0 Å². The molecule has 8 heteroatoms. The minimum atomic E-state index is -0.130. The number of aromatic nitrogens is 5. The van der Waals surface area contributed by atoms with Gasteiger partial charge in [-0.05, 0) is 35.9 Å². The molecule has 2 aromatic heterocycles. The standard InChI is InChI=1S/C14H11N7O/c1-8-4-13(22)17-12-3-2-10(5-11(8)12)16-7-9(6-15)14-18-20-21-19-14/h2-5,7,16H,1H3,(H,17,22)(H,18,19,20,21). The monoisotopic (exact) mass is 293 g/mol. The second-order valence-corrected chi connectivity index (χ2v) is 4.63. The molecule has 0 saturated carbocycles. The van der Waals surface area contributed by atoms with Crippen LogP contribution in [0.25, 0.3) is 16.5 Å². The van der Waals surface area contributed by atoms with Crippen molar-refractivity contribution in [1.82, 2.24) is 25.6 Å². The highest BCUT2D eigenvalue weighted by Crippen LogP contribution is 2.20. The minimum Gasteiger partial charge on any atom is -0.360 e. The lowest BCUT2D eigenvalue weighted by Crippen LogP contribution is -2.04. The maximum Gasteiger partial charge on any atom is 0.248 e. The van der Waals surface area contributed by atoms with E-state index in [9.17, 15) is 4.79 Å². The fourth-order valence-electron chi connectivity index (χ4n) is 2.09. The first kappa shape index (κ1) is 13.5. The number of allylic oxidation sites excluding steroid dienone is 1. The summed E-state index contributed by atoms with van der Waals surface area (Å²) in [6.45, 7) is 1.87. The number of fused-ring (bicyclic) bond motifs is 1. The number of tetrazole rings is 1. The van der Waals surface area contributed by atoms with Crippen LogP contribution in [0.3, 0.4) is 0 Å². The Kier molecular flexibility index (Phi) is 3.37. The summed E-state index contributed by atoms with van der Waals surface area (Å²) in [6, 6.07) is 9.04. The Morgan fingerprint density at radius 3 is 3.00 bits per heavy atom. The highest BCUT2D eigenvalue weighted by Gasteiger charge is 2.06. The molecular formula is C14H11N7O. The van der Waals surface area contributed by atoms with Gasteiger partial charge in [0.05, 0.1) is 0 Å². The van der Waals surface area contributed by atoms with Crippen LogP contribution in [0.4, 0.5) is 5.69 Å². The summed E-state index contributed by atoms with van der Waals surface area (Å²) < 4.78 is 0. The van der Waals surface area contributed by atoms with E-state index in [-0.39, 0.29) is 17.0 Å². The van der Waals surface area contributed by atoms with E-state index >= 15 is 0 Å². The third-order valence-corrected chi connectivity index (χ3v) is 3.14. The van der Waals surface area contributed by atoms with E-state index in [0.717, 1.165) is 22.2 Å². The lowest BCUT2D eigenvalue weighted by atomic mass is 10.1. The molecule has 0 aliphatic carbocycles. The van der Waals surface area contributed by atoms with Gasteiger partial charge in [-0.15, -0.1) is 10.2 Å². The lowest BCUT2D eigenvalue weighted by molar-refractivity contribution is 0.881. The number of aromatic amines is 2. The number of nitrogens with one attached hydrogen (secondary N) is 3. The van der Waals surface area contributed by atoms with Crippen molar-refractivity contribution in [2.24, 2.45) is 0 Å². The van der Waals surface area contributed by atoms with Gasteiger partial charge in [-0.1, -0.05) is 0 Å². The maximum atomic E-state index is 11.4. The molecule has 8 nitrogen and oxygen atoms in total. The molecule has 0 aliphatic rings. The molecule has 3 aromatic rings. The summed E-state index contributed by atoms with van der Waals surface area (Å²) in [5.74, 6) is 0.219. The number of hydrogen-bond acceptors (Lipinski definition) is 6. The summed E-state index contributed by atoms with van der Waals surface area (Å²) in [7, 11) is 0. The van der Waals surface area contributed by atoms with Crippen molar-refractivity contribution < 1.29 is 0 Å². The largest absolute Gasteiger partial charge is 0.360 e. The summed E-state index contributed by atoms with van der Waals surface area (Å²) >= 11 is 0. The lowest BCUT2D eigenvalue weighted by Gasteiger charge is -2.05. The Bertz CT molecular complexity index is 947. The fourth-order valence-corrected chi connectivity index (χ4v) is 2.09. The van der Waals surface area contributed by atoms with Crippen LogP contribution in [-0.2, 0) is 0 Å². The molecule has 108 valence electrons. The summed E-state index contributed by atoms with van der Waals surface area (Å²) in [5.41, 5.74) is 2.55. The zero-order valence-electron chi connectivity index (χ0n) is 11.6. The van der Waals surface area contributed by atoms with Crippen molar-refractivity contribution in [2.75, 3.05) is 5.32 Å². The highest BCUT2D eigenvalue weighted by molar-refractivity contribution is 5.85. The van der Waals surface area contributed by atoms with Gasteiger partial charge in [-0.25, -0.2) is 0 Å². The van der Waals surface area contributed by atoms with Gasteiger partial charge in [0.1, 0.15) is 11.6 Å². The summed E-state index contributed by atoms with van der Waals surface area (Å²) in [6.07, 6.45) is 1.51. The molecule has 22 heavy (non-hydrogen) atoms. The highest BCUT2D eigenvalue weighted by atomic mass is 16.1. The SMILES string of the molecule is Cc1cc(=O)[nH]c2ccc(NC=C(C#N)c3nn[nH]n3)cc12. The molecule has 0 saturated heterocycles. The normalized spacial score (nSPS) is 11.4. The molecule has 0 amide bonds. The van der Waals surface area contributed by atoms with Crippen molar-refractivity contribution in [1.29, 1.82) is 5.26 Å². The van der Waals surface area contributed by atoms with Crippen molar-refractivity contribution in [2.45, 2.75) is 6.92 Å². The second-order valence-electron chi connectivity index (χ2n) is 4.63. The van der Waals surface area contributed by atoms with Crippen molar-refractivity contribution >= 4 is 22.2 Å².